The predicted octanol–water partition coefficient (Wildman–Crippen LogP) is 4.13. The van der Waals surface area contributed by atoms with Gasteiger partial charge >= 0.3 is 0 Å². The summed E-state index contributed by atoms with van der Waals surface area (Å²) in [6.07, 6.45) is 5.09. The highest BCUT2D eigenvalue weighted by molar-refractivity contribution is 7.92. The van der Waals surface area contributed by atoms with Crippen LogP contribution in [0.4, 0.5) is 5.69 Å². The van der Waals surface area contributed by atoms with Crippen LogP contribution in [0.25, 0.3) is 0 Å². The van der Waals surface area contributed by atoms with Crippen molar-refractivity contribution in [1.29, 1.82) is 0 Å². The van der Waals surface area contributed by atoms with Crippen molar-refractivity contribution in [3.05, 3.63) is 53.1 Å². The summed E-state index contributed by atoms with van der Waals surface area (Å²) in [5, 5.41) is 3.60. The molecule has 1 heterocycles. The monoisotopic (exact) mass is 577 g/mol. The van der Waals surface area contributed by atoms with Crippen molar-refractivity contribution >= 4 is 39.1 Å². The highest BCUT2D eigenvalue weighted by atomic mass is 35.5. The lowest BCUT2D eigenvalue weighted by Crippen LogP contribution is -2.53. The number of hydrogen-bond donors (Lipinski definition) is 1. The highest BCUT2D eigenvalue weighted by Crippen LogP contribution is 2.35. The Morgan fingerprint density at radius 3 is 2.46 bits per heavy atom. The molecule has 0 bridgehead atoms. The average Bonchev–Trinajstić information content (AvgIpc) is 2.94. The smallest absolute Gasteiger partial charge is 0.244 e. The zero-order valence-electron chi connectivity index (χ0n) is 22.4. The molecule has 0 aromatic heterocycles. The SMILES string of the molecule is CCS(=O)(=O)N(CC(=O)N(Cc1cccc(Cl)c1)[C@H](C)C(=O)NC1CCCCC1)c1ccc2c(c1)OCCO2. The van der Waals surface area contributed by atoms with Crippen molar-refractivity contribution < 1.29 is 27.5 Å². The van der Waals surface area contributed by atoms with Crippen molar-refractivity contribution in [3.8, 4) is 11.5 Å². The first-order valence-electron chi connectivity index (χ1n) is 13.4. The fraction of sp³-hybridized carbons (Fsp3) is 0.500. The summed E-state index contributed by atoms with van der Waals surface area (Å²) in [6, 6.07) is 11.1. The van der Waals surface area contributed by atoms with Crippen LogP contribution in [0.3, 0.4) is 0 Å². The van der Waals surface area contributed by atoms with Gasteiger partial charge in [-0.2, -0.15) is 0 Å². The molecule has 2 aliphatic rings. The number of ether oxygens (including phenoxy) is 2. The molecule has 4 rings (SSSR count). The Labute approximate surface area is 235 Å². The van der Waals surface area contributed by atoms with Crippen LogP contribution in [0.15, 0.2) is 42.5 Å². The van der Waals surface area contributed by atoms with E-state index in [2.05, 4.69) is 5.32 Å². The number of amides is 2. The largest absolute Gasteiger partial charge is 0.486 e. The van der Waals surface area contributed by atoms with Gasteiger partial charge in [0.2, 0.25) is 21.8 Å². The van der Waals surface area contributed by atoms with Crippen LogP contribution < -0.4 is 19.1 Å². The molecule has 2 aromatic rings. The molecule has 39 heavy (non-hydrogen) atoms. The van der Waals surface area contributed by atoms with Crippen LogP contribution in [-0.4, -0.2) is 62.7 Å². The van der Waals surface area contributed by atoms with Gasteiger partial charge in [0.15, 0.2) is 11.5 Å². The van der Waals surface area contributed by atoms with Crippen LogP contribution in [-0.2, 0) is 26.2 Å². The third-order valence-corrected chi connectivity index (χ3v) is 9.13. The van der Waals surface area contributed by atoms with Crippen molar-refractivity contribution in [2.75, 3.05) is 29.8 Å². The molecular formula is C28H36ClN3O6S. The number of nitrogens with zero attached hydrogens (tertiary/aromatic N) is 2. The van der Waals surface area contributed by atoms with E-state index in [1.165, 1.54) is 11.8 Å². The normalized spacial score (nSPS) is 16.3. The molecular weight excluding hydrogens is 542 g/mol. The minimum absolute atomic E-state index is 0.0755. The Hall–Kier alpha value is -2.98. The Bertz CT molecular complexity index is 1280. The van der Waals surface area contributed by atoms with E-state index < -0.39 is 28.5 Å². The second-order valence-corrected chi connectivity index (χ2v) is 12.5. The number of carbonyl (C=O) groups excluding carboxylic acids is 2. The Balaban J connectivity index is 1.61. The summed E-state index contributed by atoms with van der Waals surface area (Å²) in [6.45, 7) is 3.56. The number of nitrogens with one attached hydrogen (secondary N) is 1. The number of fused-ring (bicyclic) bond motifs is 1. The molecule has 0 unspecified atom stereocenters. The highest BCUT2D eigenvalue weighted by Gasteiger charge is 2.32. The molecule has 1 fully saturated rings. The van der Waals surface area contributed by atoms with Crippen molar-refractivity contribution in [2.45, 2.75) is 64.6 Å². The third-order valence-electron chi connectivity index (χ3n) is 7.15. The van der Waals surface area contributed by atoms with Gasteiger partial charge in [0, 0.05) is 23.7 Å². The van der Waals surface area contributed by atoms with Crippen molar-refractivity contribution in [2.24, 2.45) is 0 Å². The third kappa shape index (κ3) is 7.36. The van der Waals surface area contributed by atoms with Gasteiger partial charge in [0.05, 0.1) is 11.4 Å². The van der Waals surface area contributed by atoms with E-state index in [0.717, 1.165) is 42.0 Å². The summed E-state index contributed by atoms with van der Waals surface area (Å²) in [5.74, 6) is -0.0465. The first-order valence-corrected chi connectivity index (χ1v) is 15.4. The second kappa shape index (κ2) is 12.9. The van der Waals surface area contributed by atoms with E-state index in [0.29, 0.717) is 29.7 Å². The molecule has 0 radical (unpaired) electrons. The zero-order valence-corrected chi connectivity index (χ0v) is 24.0. The van der Waals surface area contributed by atoms with E-state index in [1.54, 1.807) is 43.3 Å². The molecule has 1 atom stereocenters. The fourth-order valence-electron chi connectivity index (χ4n) is 4.89. The first-order chi connectivity index (χ1) is 18.7. The fourth-order valence-corrected chi connectivity index (χ4v) is 6.16. The number of rotatable bonds is 10. The maximum atomic E-state index is 13.9. The van der Waals surface area contributed by atoms with E-state index >= 15 is 0 Å². The summed E-state index contributed by atoms with van der Waals surface area (Å²) >= 11 is 6.19. The predicted molar refractivity (Wildman–Crippen MR) is 151 cm³/mol. The Morgan fingerprint density at radius 2 is 1.77 bits per heavy atom. The van der Waals surface area contributed by atoms with Gasteiger partial charge in [0.1, 0.15) is 25.8 Å². The van der Waals surface area contributed by atoms with Crippen LogP contribution in [0.5, 0.6) is 11.5 Å². The number of anilines is 1. The second-order valence-electron chi connectivity index (χ2n) is 9.91. The van der Waals surface area contributed by atoms with Gasteiger partial charge in [0.25, 0.3) is 0 Å². The number of hydrogen-bond acceptors (Lipinski definition) is 6. The summed E-state index contributed by atoms with van der Waals surface area (Å²) in [4.78, 5) is 28.6. The molecule has 2 amide bonds. The lowest BCUT2D eigenvalue weighted by molar-refractivity contribution is -0.139. The van der Waals surface area contributed by atoms with Gasteiger partial charge in [-0.05, 0) is 56.5 Å². The number of sulfonamides is 1. The topological polar surface area (TPSA) is 105 Å². The molecule has 1 N–H and O–H groups in total. The van der Waals surface area contributed by atoms with Crippen molar-refractivity contribution in [3.63, 3.8) is 0 Å². The summed E-state index contributed by atoms with van der Waals surface area (Å²) in [7, 11) is -3.85. The standard InChI is InChI=1S/C28H36ClN3O6S/c1-3-39(35,36)32(24-12-13-25-26(17-24)38-15-14-37-25)19-27(33)31(18-21-8-7-9-22(29)16-21)20(2)28(34)30-23-10-5-4-6-11-23/h7-9,12-13,16-17,20,23H,3-6,10-11,14-15,18-19H2,1-2H3,(H,30,34)/t20-/m1/s1. The van der Waals surface area contributed by atoms with Crippen LogP contribution in [0.1, 0.15) is 51.5 Å². The molecule has 2 aromatic carbocycles. The van der Waals surface area contributed by atoms with Crippen LogP contribution >= 0.6 is 11.6 Å². The number of halogens is 1. The maximum Gasteiger partial charge on any atom is 0.244 e. The van der Waals surface area contributed by atoms with E-state index in [1.807, 2.05) is 6.07 Å². The minimum Gasteiger partial charge on any atom is -0.486 e. The zero-order chi connectivity index (χ0) is 28.0. The lowest BCUT2D eigenvalue weighted by Gasteiger charge is -2.33. The number of benzene rings is 2. The molecule has 0 spiro atoms. The lowest BCUT2D eigenvalue weighted by atomic mass is 9.95. The maximum absolute atomic E-state index is 13.9. The Kier molecular flexibility index (Phi) is 9.61. The molecule has 1 aliphatic heterocycles. The van der Waals surface area contributed by atoms with Gasteiger partial charge in [-0.1, -0.05) is 43.0 Å². The molecule has 1 saturated carbocycles. The van der Waals surface area contributed by atoms with Crippen LogP contribution in [0.2, 0.25) is 5.02 Å². The summed E-state index contributed by atoms with van der Waals surface area (Å²) < 4.78 is 38.6. The van der Waals surface area contributed by atoms with E-state index in [4.69, 9.17) is 21.1 Å². The average molecular weight is 578 g/mol. The van der Waals surface area contributed by atoms with Gasteiger partial charge in [-0.15, -0.1) is 0 Å². The minimum atomic E-state index is -3.85. The van der Waals surface area contributed by atoms with Crippen LogP contribution in [0, 0.1) is 0 Å². The quantitative estimate of drug-likeness (QED) is 0.455. The molecule has 11 heteroatoms. The van der Waals surface area contributed by atoms with E-state index in [9.17, 15) is 18.0 Å². The Morgan fingerprint density at radius 1 is 1.05 bits per heavy atom. The van der Waals surface area contributed by atoms with E-state index in [-0.39, 0.29) is 29.9 Å². The van der Waals surface area contributed by atoms with Crippen molar-refractivity contribution in [1.82, 2.24) is 10.2 Å². The molecule has 0 saturated heterocycles. The molecule has 212 valence electrons. The molecule has 1 aliphatic carbocycles. The van der Waals surface area contributed by atoms with Gasteiger partial charge < -0.3 is 19.7 Å². The van der Waals surface area contributed by atoms with Gasteiger partial charge in [-0.25, -0.2) is 8.42 Å². The molecule has 9 nitrogen and oxygen atoms in total. The summed E-state index contributed by atoms with van der Waals surface area (Å²) in [5.41, 5.74) is 1.02. The van der Waals surface area contributed by atoms with Gasteiger partial charge in [-0.3, -0.25) is 13.9 Å². The first kappa shape index (κ1) is 29.0. The number of carbonyl (C=O) groups is 2.